The molecular formula is C7H10N2O3S. The van der Waals surface area contributed by atoms with Crippen molar-refractivity contribution >= 4 is 10.1 Å². The van der Waals surface area contributed by atoms with Gasteiger partial charge in [0.05, 0.1) is 0 Å². The van der Waals surface area contributed by atoms with Gasteiger partial charge in [-0.3, -0.25) is 0 Å². The van der Waals surface area contributed by atoms with Crippen LogP contribution >= 0.6 is 0 Å². The molecule has 6 heteroatoms. The summed E-state index contributed by atoms with van der Waals surface area (Å²) >= 11 is 0. The molecule has 0 amide bonds. The van der Waals surface area contributed by atoms with Crippen LogP contribution in [0.25, 0.3) is 0 Å². The molecule has 0 N–H and O–H groups in total. The van der Waals surface area contributed by atoms with E-state index in [2.05, 4.69) is 15.7 Å². The minimum absolute atomic E-state index is 0.0573. The molecule has 0 radical (unpaired) electrons. The minimum atomic E-state index is -3.58. The summed E-state index contributed by atoms with van der Waals surface area (Å²) in [6.45, 7) is 3.31. The smallest absolute Gasteiger partial charge is 0.315 e. The zero-order valence-corrected chi connectivity index (χ0v) is 7.99. The Morgan fingerprint density at radius 1 is 1.77 bits per heavy atom. The molecule has 0 aliphatic heterocycles. The molecule has 1 aromatic rings. The largest absolute Gasteiger partial charge is 0.345 e. The van der Waals surface area contributed by atoms with E-state index in [0.29, 0.717) is 0 Å². The van der Waals surface area contributed by atoms with Crippen LogP contribution in [-0.2, 0) is 17.2 Å². The van der Waals surface area contributed by atoms with E-state index in [1.165, 1.54) is 16.8 Å². The van der Waals surface area contributed by atoms with Crippen LogP contribution in [0.1, 0.15) is 0 Å². The van der Waals surface area contributed by atoms with Crippen LogP contribution in [0.15, 0.2) is 25.0 Å². The maximum absolute atomic E-state index is 11.1. The molecule has 0 atom stereocenters. The topological polar surface area (TPSA) is 61.2 Å². The van der Waals surface area contributed by atoms with Gasteiger partial charge in [-0.05, 0) is 0 Å². The predicted octanol–water partition coefficient (Wildman–Crippen LogP) is 0.315. The highest BCUT2D eigenvalue weighted by molar-refractivity contribution is 7.87. The SMILES string of the molecule is C=CCS(=O)(=O)Oc1nccn1C. The molecule has 1 rings (SSSR count). The summed E-state index contributed by atoms with van der Waals surface area (Å²) in [5.74, 6) is -0.222. The first-order valence-electron chi connectivity index (χ1n) is 3.55. The molecule has 0 aliphatic rings. The molecule has 1 aromatic heterocycles. The first kappa shape index (κ1) is 9.79. The molecule has 13 heavy (non-hydrogen) atoms. The van der Waals surface area contributed by atoms with Crippen molar-refractivity contribution in [2.45, 2.75) is 0 Å². The van der Waals surface area contributed by atoms with Gasteiger partial charge >= 0.3 is 16.1 Å². The van der Waals surface area contributed by atoms with Gasteiger partial charge in [-0.2, -0.15) is 8.42 Å². The molecule has 5 nitrogen and oxygen atoms in total. The Morgan fingerprint density at radius 3 is 2.92 bits per heavy atom. The number of rotatable bonds is 4. The van der Waals surface area contributed by atoms with E-state index >= 15 is 0 Å². The average molecular weight is 202 g/mol. The number of imidazole rings is 1. The standard InChI is InChI=1S/C7H10N2O3S/c1-3-6-13(10,11)12-7-8-4-5-9(7)2/h3-5H,1,6H2,2H3. The summed E-state index contributed by atoms with van der Waals surface area (Å²) in [7, 11) is -1.93. The van der Waals surface area contributed by atoms with Gasteiger partial charge in [-0.1, -0.05) is 6.08 Å². The molecule has 0 spiro atoms. The third-order valence-corrected chi connectivity index (χ3v) is 2.35. The zero-order chi connectivity index (χ0) is 9.90. The first-order chi connectivity index (χ1) is 6.05. The fourth-order valence-electron chi connectivity index (χ4n) is 0.724. The predicted molar refractivity (Wildman–Crippen MR) is 47.8 cm³/mol. The number of hydrogen-bond acceptors (Lipinski definition) is 4. The molecule has 0 bridgehead atoms. The van der Waals surface area contributed by atoms with Crippen molar-refractivity contribution in [3.8, 4) is 6.01 Å². The van der Waals surface area contributed by atoms with Crippen molar-refractivity contribution in [1.82, 2.24) is 9.55 Å². The first-order valence-corrected chi connectivity index (χ1v) is 5.13. The third-order valence-electron chi connectivity index (χ3n) is 1.30. The second kappa shape index (κ2) is 3.61. The Morgan fingerprint density at radius 2 is 2.46 bits per heavy atom. The van der Waals surface area contributed by atoms with Crippen molar-refractivity contribution in [3.63, 3.8) is 0 Å². The number of aryl methyl sites for hydroxylation is 1. The Bertz CT molecular complexity index is 394. The lowest BCUT2D eigenvalue weighted by molar-refractivity contribution is 0.455. The second-order valence-corrected chi connectivity index (χ2v) is 4.03. The number of aromatic nitrogens is 2. The maximum Gasteiger partial charge on any atom is 0.315 e. The van der Waals surface area contributed by atoms with Gasteiger partial charge in [0.15, 0.2) is 0 Å². The average Bonchev–Trinajstić information content (AvgIpc) is 2.35. The molecule has 0 saturated carbocycles. The van der Waals surface area contributed by atoms with Crippen molar-refractivity contribution < 1.29 is 12.6 Å². The van der Waals surface area contributed by atoms with Crippen LogP contribution in [0.2, 0.25) is 0 Å². The van der Waals surface area contributed by atoms with Crippen molar-refractivity contribution in [2.75, 3.05) is 5.75 Å². The number of nitrogens with zero attached hydrogens (tertiary/aromatic N) is 2. The maximum atomic E-state index is 11.1. The molecule has 0 aliphatic carbocycles. The van der Waals surface area contributed by atoms with Crippen LogP contribution in [0.5, 0.6) is 6.01 Å². The van der Waals surface area contributed by atoms with Gasteiger partial charge < -0.3 is 8.75 Å². The minimum Gasteiger partial charge on any atom is -0.345 e. The lowest BCUT2D eigenvalue weighted by Crippen LogP contribution is -2.14. The van der Waals surface area contributed by atoms with Gasteiger partial charge in [0, 0.05) is 19.4 Å². The van der Waals surface area contributed by atoms with Crippen LogP contribution in [-0.4, -0.2) is 23.7 Å². The van der Waals surface area contributed by atoms with Crippen molar-refractivity contribution in [1.29, 1.82) is 0 Å². The molecule has 0 fully saturated rings. The second-order valence-electron chi connectivity index (χ2n) is 2.42. The summed E-state index contributed by atoms with van der Waals surface area (Å²) in [6, 6.07) is 0.0573. The van der Waals surface area contributed by atoms with Gasteiger partial charge in [-0.25, -0.2) is 4.98 Å². The highest BCUT2D eigenvalue weighted by atomic mass is 32.2. The Hall–Kier alpha value is -1.30. The van der Waals surface area contributed by atoms with E-state index in [1.807, 2.05) is 0 Å². The van der Waals surface area contributed by atoms with E-state index in [4.69, 9.17) is 0 Å². The van der Waals surface area contributed by atoms with Crippen molar-refractivity contribution in [2.24, 2.45) is 7.05 Å². The quantitative estimate of drug-likeness (QED) is 0.521. The van der Waals surface area contributed by atoms with E-state index in [1.54, 1.807) is 13.2 Å². The highest BCUT2D eigenvalue weighted by Gasteiger charge is 2.12. The van der Waals surface area contributed by atoms with Gasteiger partial charge in [0.2, 0.25) is 0 Å². The molecule has 0 saturated heterocycles. The third kappa shape index (κ3) is 2.59. The summed E-state index contributed by atoms with van der Waals surface area (Å²) < 4.78 is 28.3. The van der Waals surface area contributed by atoms with E-state index in [9.17, 15) is 8.42 Å². The lowest BCUT2D eigenvalue weighted by atomic mass is 10.8. The van der Waals surface area contributed by atoms with Crippen LogP contribution in [0.3, 0.4) is 0 Å². The molecule has 72 valence electrons. The zero-order valence-electron chi connectivity index (χ0n) is 7.17. The van der Waals surface area contributed by atoms with Crippen molar-refractivity contribution in [3.05, 3.63) is 25.0 Å². The number of hydrogen-bond donors (Lipinski definition) is 0. The summed E-state index contributed by atoms with van der Waals surface area (Å²) in [6.07, 6.45) is 4.32. The molecule has 1 heterocycles. The normalized spacial score (nSPS) is 11.2. The van der Waals surface area contributed by atoms with E-state index < -0.39 is 10.1 Å². The summed E-state index contributed by atoms with van der Waals surface area (Å²) in [5.41, 5.74) is 0. The molecular weight excluding hydrogens is 192 g/mol. The Labute approximate surface area is 76.8 Å². The summed E-state index contributed by atoms with van der Waals surface area (Å²) in [4.78, 5) is 3.71. The monoisotopic (exact) mass is 202 g/mol. The molecule has 0 unspecified atom stereocenters. The van der Waals surface area contributed by atoms with Crippen LogP contribution in [0.4, 0.5) is 0 Å². The van der Waals surface area contributed by atoms with E-state index in [0.717, 1.165) is 0 Å². The Kier molecular flexibility index (Phi) is 2.72. The Balaban J connectivity index is 2.80. The van der Waals surface area contributed by atoms with Crippen LogP contribution in [0, 0.1) is 0 Å². The summed E-state index contributed by atoms with van der Waals surface area (Å²) in [5, 5.41) is 0. The van der Waals surface area contributed by atoms with Crippen LogP contribution < -0.4 is 4.18 Å². The lowest BCUT2D eigenvalue weighted by Gasteiger charge is -2.02. The fourth-order valence-corrected chi connectivity index (χ4v) is 1.47. The van der Waals surface area contributed by atoms with Gasteiger partial charge in [-0.15, -0.1) is 6.58 Å². The highest BCUT2D eigenvalue weighted by Crippen LogP contribution is 2.07. The molecule has 0 aromatic carbocycles. The van der Waals surface area contributed by atoms with Gasteiger partial charge in [0.1, 0.15) is 5.75 Å². The van der Waals surface area contributed by atoms with Gasteiger partial charge in [0.25, 0.3) is 0 Å². The fraction of sp³-hybridized carbons (Fsp3) is 0.286. The van der Waals surface area contributed by atoms with E-state index in [-0.39, 0.29) is 11.8 Å².